The summed E-state index contributed by atoms with van der Waals surface area (Å²) in [4.78, 5) is 26.6. The molecule has 0 saturated carbocycles. The van der Waals surface area contributed by atoms with Gasteiger partial charge in [0.1, 0.15) is 5.56 Å². The molecule has 0 aliphatic carbocycles. The molecule has 7 nitrogen and oxygen atoms in total. The Bertz CT molecular complexity index is 1270. The van der Waals surface area contributed by atoms with E-state index < -0.39 is 27.3 Å². The van der Waals surface area contributed by atoms with Crippen LogP contribution in [0.25, 0.3) is 22.4 Å². The number of hydrogen-bond donors (Lipinski definition) is 1. The molecule has 2 heterocycles. The summed E-state index contributed by atoms with van der Waals surface area (Å²) < 4.78 is 24.9. The number of amides is 1. The van der Waals surface area contributed by atoms with Gasteiger partial charge in [-0.25, -0.2) is 13.1 Å². The number of hydrogen-bond acceptors (Lipinski definition) is 5. The third kappa shape index (κ3) is 4.29. The molecule has 0 unspecified atom stereocenters. The molecule has 1 amide bonds. The van der Waals surface area contributed by atoms with Gasteiger partial charge in [0.05, 0.1) is 17.2 Å². The van der Waals surface area contributed by atoms with Gasteiger partial charge in [0.15, 0.2) is 9.84 Å². The largest absolute Gasteiger partial charge is 0.348 e. The molecule has 1 aliphatic rings. The van der Waals surface area contributed by atoms with Crippen LogP contribution in [0.1, 0.15) is 23.7 Å². The van der Waals surface area contributed by atoms with Crippen LogP contribution in [0.15, 0.2) is 65.5 Å². The zero-order valence-corrected chi connectivity index (χ0v) is 17.9. The lowest BCUT2D eigenvalue weighted by molar-refractivity contribution is 0.0939. The highest BCUT2D eigenvalue weighted by molar-refractivity contribution is 7.91. The number of benzene rings is 2. The van der Waals surface area contributed by atoms with Crippen molar-refractivity contribution in [3.63, 3.8) is 0 Å². The van der Waals surface area contributed by atoms with Crippen molar-refractivity contribution in [2.24, 2.45) is 0 Å². The molecule has 1 aromatic heterocycles. The third-order valence-corrected chi connectivity index (χ3v) is 7.13. The Hall–Kier alpha value is -3.26. The Morgan fingerprint density at radius 2 is 1.68 bits per heavy atom. The molecule has 1 saturated heterocycles. The second-order valence-corrected chi connectivity index (χ2v) is 9.75. The van der Waals surface area contributed by atoms with Crippen LogP contribution < -0.4 is 10.9 Å². The molecule has 8 heteroatoms. The van der Waals surface area contributed by atoms with E-state index >= 15 is 0 Å². The molecule has 0 spiro atoms. The minimum Gasteiger partial charge on any atom is -0.348 e. The lowest BCUT2D eigenvalue weighted by Gasteiger charge is -2.18. The quantitative estimate of drug-likeness (QED) is 0.661. The summed E-state index contributed by atoms with van der Waals surface area (Å²) in [5.74, 6) is -0.653. The first-order valence-corrected chi connectivity index (χ1v) is 12.0. The maximum absolute atomic E-state index is 13.3. The lowest BCUT2D eigenvalue weighted by atomic mass is 9.95. The van der Waals surface area contributed by atoms with Crippen LogP contribution in [0.5, 0.6) is 0 Å². The molecule has 1 aliphatic heterocycles. The van der Waals surface area contributed by atoms with Crippen molar-refractivity contribution < 1.29 is 13.2 Å². The van der Waals surface area contributed by atoms with Crippen LogP contribution in [-0.4, -0.2) is 41.7 Å². The van der Waals surface area contributed by atoms with Gasteiger partial charge >= 0.3 is 0 Å². The molecule has 1 N–H and O–H groups in total. The summed E-state index contributed by atoms with van der Waals surface area (Å²) in [5.41, 5.74) is 1.92. The Balaban J connectivity index is 1.92. The average Bonchev–Trinajstić information content (AvgIpc) is 3.12. The lowest BCUT2D eigenvalue weighted by Crippen LogP contribution is -2.40. The van der Waals surface area contributed by atoms with Crippen LogP contribution in [0.4, 0.5) is 0 Å². The van der Waals surface area contributed by atoms with E-state index in [1.54, 1.807) is 6.92 Å². The number of aromatic nitrogens is 2. The summed E-state index contributed by atoms with van der Waals surface area (Å²) in [6.45, 7) is 2.09. The van der Waals surface area contributed by atoms with E-state index in [0.29, 0.717) is 29.8 Å². The number of sulfone groups is 1. The van der Waals surface area contributed by atoms with Crippen molar-refractivity contribution >= 4 is 15.7 Å². The fraction of sp³-hybridized carbons (Fsp3) is 0.261. The van der Waals surface area contributed by atoms with Crippen molar-refractivity contribution in [3.05, 3.63) is 76.6 Å². The Morgan fingerprint density at radius 3 is 2.23 bits per heavy atom. The van der Waals surface area contributed by atoms with Crippen LogP contribution >= 0.6 is 0 Å². The van der Waals surface area contributed by atoms with Crippen LogP contribution in [-0.2, 0) is 16.4 Å². The van der Waals surface area contributed by atoms with Gasteiger partial charge < -0.3 is 5.32 Å². The molecule has 0 bridgehead atoms. The number of nitrogens with zero attached hydrogens (tertiary/aromatic N) is 2. The molecule has 160 valence electrons. The van der Waals surface area contributed by atoms with E-state index in [1.165, 1.54) is 4.68 Å². The van der Waals surface area contributed by atoms with Crippen molar-refractivity contribution in [3.8, 4) is 22.4 Å². The van der Waals surface area contributed by atoms with Gasteiger partial charge in [0.2, 0.25) is 0 Å². The van der Waals surface area contributed by atoms with Crippen molar-refractivity contribution in [2.45, 2.75) is 25.9 Å². The van der Waals surface area contributed by atoms with Crippen LogP contribution in [0, 0.1) is 0 Å². The molecule has 0 radical (unpaired) electrons. The monoisotopic (exact) mass is 437 g/mol. The van der Waals surface area contributed by atoms with E-state index in [1.807, 2.05) is 60.7 Å². The summed E-state index contributed by atoms with van der Waals surface area (Å²) in [5, 5.41) is 7.34. The fourth-order valence-corrected chi connectivity index (χ4v) is 5.52. The first-order valence-electron chi connectivity index (χ1n) is 10.2. The van der Waals surface area contributed by atoms with E-state index in [-0.39, 0.29) is 17.1 Å². The first-order chi connectivity index (χ1) is 14.9. The topological polar surface area (TPSA) is 98.1 Å². The predicted molar refractivity (Wildman–Crippen MR) is 120 cm³/mol. The average molecular weight is 438 g/mol. The number of aryl methyl sites for hydroxylation is 1. The number of nitrogens with one attached hydrogen (secondary N) is 1. The summed E-state index contributed by atoms with van der Waals surface area (Å²) in [6, 6.07) is 18.1. The van der Waals surface area contributed by atoms with E-state index in [4.69, 9.17) is 0 Å². The minimum atomic E-state index is -3.17. The standard InChI is InChI=1S/C23H23N3O4S/c1-2-26-23(28)20(22(27)24-18-13-14-31(29,30)15-18)19(16-9-5-3-6-10-16)21(25-26)17-11-7-4-8-12-17/h3-12,18H,2,13-15H2,1H3,(H,24,27)/t18-/m1/s1. The van der Waals surface area contributed by atoms with Gasteiger partial charge in [-0.2, -0.15) is 5.10 Å². The highest BCUT2D eigenvalue weighted by atomic mass is 32.2. The second-order valence-electron chi connectivity index (χ2n) is 7.52. The Labute approximate surface area is 180 Å². The van der Waals surface area contributed by atoms with E-state index in [0.717, 1.165) is 5.56 Å². The number of carbonyl (C=O) groups is 1. The summed E-state index contributed by atoms with van der Waals surface area (Å²) >= 11 is 0. The van der Waals surface area contributed by atoms with Crippen LogP contribution in [0.3, 0.4) is 0 Å². The molecule has 2 aromatic carbocycles. The number of rotatable bonds is 5. The summed E-state index contributed by atoms with van der Waals surface area (Å²) in [7, 11) is -3.17. The minimum absolute atomic E-state index is 0.0220. The van der Waals surface area contributed by atoms with E-state index in [9.17, 15) is 18.0 Å². The number of carbonyl (C=O) groups excluding carboxylic acids is 1. The molecular formula is C23H23N3O4S. The van der Waals surface area contributed by atoms with Gasteiger partial charge in [-0.1, -0.05) is 60.7 Å². The maximum Gasteiger partial charge on any atom is 0.280 e. The highest BCUT2D eigenvalue weighted by Crippen LogP contribution is 2.32. The van der Waals surface area contributed by atoms with Crippen molar-refractivity contribution in [1.29, 1.82) is 0 Å². The van der Waals surface area contributed by atoms with Gasteiger partial charge in [-0.05, 0) is 18.9 Å². The van der Waals surface area contributed by atoms with E-state index in [2.05, 4.69) is 10.4 Å². The highest BCUT2D eigenvalue weighted by Gasteiger charge is 2.31. The molecule has 1 atom stereocenters. The molecule has 4 rings (SSSR count). The summed E-state index contributed by atoms with van der Waals surface area (Å²) in [6.07, 6.45) is 0.341. The third-order valence-electron chi connectivity index (χ3n) is 5.36. The first kappa shape index (κ1) is 21.0. The van der Waals surface area contributed by atoms with Gasteiger partial charge in [-0.3, -0.25) is 9.59 Å². The van der Waals surface area contributed by atoms with Crippen molar-refractivity contribution in [2.75, 3.05) is 11.5 Å². The normalized spacial score (nSPS) is 17.4. The van der Waals surface area contributed by atoms with Crippen LogP contribution in [0.2, 0.25) is 0 Å². The molecular weight excluding hydrogens is 414 g/mol. The predicted octanol–water partition coefficient (Wildman–Crippen LogP) is 2.51. The van der Waals surface area contributed by atoms with Gasteiger partial charge in [0.25, 0.3) is 11.5 Å². The fourth-order valence-electron chi connectivity index (χ4n) is 3.85. The molecule has 1 fully saturated rings. The Morgan fingerprint density at radius 1 is 1.06 bits per heavy atom. The maximum atomic E-state index is 13.3. The zero-order chi connectivity index (χ0) is 22.0. The Kier molecular flexibility index (Phi) is 5.73. The van der Waals surface area contributed by atoms with Crippen molar-refractivity contribution in [1.82, 2.24) is 15.1 Å². The molecule has 3 aromatic rings. The second kappa shape index (κ2) is 8.47. The smallest absolute Gasteiger partial charge is 0.280 e. The zero-order valence-electron chi connectivity index (χ0n) is 17.1. The van der Waals surface area contributed by atoms with Gasteiger partial charge in [0, 0.05) is 23.7 Å². The van der Waals surface area contributed by atoms with Gasteiger partial charge in [-0.15, -0.1) is 0 Å². The SMILES string of the molecule is CCn1nc(-c2ccccc2)c(-c2ccccc2)c(C(=O)N[C@@H]2CCS(=O)(=O)C2)c1=O. The molecule has 31 heavy (non-hydrogen) atoms.